The van der Waals surface area contributed by atoms with Crippen LogP contribution in [-0.4, -0.2) is 16.5 Å². The fraction of sp³-hybridized carbons (Fsp3) is 0.143. The van der Waals surface area contributed by atoms with Crippen molar-refractivity contribution in [3.8, 4) is 0 Å². The van der Waals surface area contributed by atoms with Gasteiger partial charge in [0, 0.05) is 29.9 Å². The van der Waals surface area contributed by atoms with E-state index in [1.165, 1.54) is 0 Å². The summed E-state index contributed by atoms with van der Waals surface area (Å²) in [5.74, 6) is 0. The predicted octanol–water partition coefficient (Wildman–Crippen LogP) is 4.00. The van der Waals surface area contributed by atoms with Crippen molar-refractivity contribution in [1.82, 2.24) is 9.97 Å². The van der Waals surface area contributed by atoms with Crippen molar-refractivity contribution in [1.29, 1.82) is 0 Å². The van der Waals surface area contributed by atoms with Crippen LogP contribution in [0.4, 0.5) is 5.13 Å². The highest BCUT2D eigenvalue weighted by atomic mass is 35.5. The maximum atomic E-state index is 5.96. The molecule has 2 heterocycles. The Hall–Kier alpha value is -1.65. The summed E-state index contributed by atoms with van der Waals surface area (Å²) in [7, 11) is 0. The van der Waals surface area contributed by atoms with Gasteiger partial charge in [0.25, 0.3) is 0 Å². The van der Waals surface area contributed by atoms with Crippen LogP contribution >= 0.6 is 22.9 Å². The van der Waals surface area contributed by atoms with Gasteiger partial charge in [-0.3, -0.25) is 4.98 Å². The van der Waals surface area contributed by atoms with Gasteiger partial charge >= 0.3 is 0 Å². The number of hydrogen-bond donors (Lipinski definition) is 1. The van der Waals surface area contributed by atoms with E-state index in [4.69, 9.17) is 11.6 Å². The fourth-order valence-corrected chi connectivity index (χ4v) is 2.99. The van der Waals surface area contributed by atoms with E-state index in [0.717, 1.165) is 39.0 Å². The number of rotatable bonds is 4. The molecule has 0 aliphatic heterocycles. The third kappa shape index (κ3) is 3.03. The first kappa shape index (κ1) is 12.4. The van der Waals surface area contributed by atoms with Gasteiger partial charge in [-0.2, -0.15) is 0 Å². The fourth-order valence-electron chi connectivity index (χ4n) is 1.82. The minimum Gasteiger partial charge on any atom is -0.361 e. The van der Waals surface area contributed by atoms with Crippen LogP contribution in [0.5, 0.6) is 0 Å². The molecule has 0 saturated heterocycles. The van der Waals surface area contributed by atoms with Crippen LogP contribution in [0.25, 0.3) is 10.2 Å². The molecule has 0 aliphatic rings. The topological polar surface area (TPSA) is 37.8 Å². The molecule has 0 aliphatic carbocycles. The summed E-state index contributed by atoms with van der Waals surface area (Å²) in [4.78, 5) is 8.80. The first-order valence-corrected chi connectivity index (χ1v) is 7.20. The maximum absolute atomic E-state index is 5.96. The van der Waals surface area contributed by atoms with E-state index in [9.17, 15) is 0 Å². The van der Waals surface area contributed by atoms with Crippen molar-refractivity contribution in [2.75, 3.05) is 11.9 Å². The lowest BCUT2D eigenvalue weighted by atomic mass is 10.3. The van der Waals surface area contributed by atoms with E-state index < -0.39 is 0 Å². The Kier molecular flexibility index (Phi) is 3.62. The first-order chi connectivity index (χ1) is 9.31. The Labute approximate surface area is 120 Å². The van der Waals surface area contributed by atoms with Gasteiger partial charge in [-0.1, -0.05) is 29.0 Å². The summed E-state index contributed by atoms with van der Waals surface area (Å²) in [6.45, 7) is 0.824. The van der Waals surface area contributed by atoms with Crippen molar-refractivity contribution >= 4 is 38.3 Å². The van der Waals surface area contributed by atoms with Crippen molar-refractivity contribution < 1.29 is 0 Å². The Morgan fingerprint density at radius 2 is 2.16 bits per heavy atom. The molecular formula is C14H12ClN3S. The highest BCUT2D eigenvalue weighted by Gasteiger charge is 2.03. The van der Waals surface area contributed by atoms with Crippen LogP contribution in [0, 0.1) is 0 Å². The molecule has 5 heteroatoms. The normalized spacial score (nSPS) is 10.8. The third-order valence-electron chi connectivity index (χ3n) is 2.73. The third-order valence-corrected chi connectivity index (χ3v) is 3.94. The molecule has 0 atom stereocenters. The van der Waals surface area contributed by atoms with Gasteiger partial charge in [-0.15, -0.1) is 0 Å². The van der Waals surface area contributed by atoms with Crippen LogP contribution in [0.3, 0.4) is 0 Å². The van der Waals surface area contributed by atoms with Gasteiger partial charge in [-0.25, -0.2) is 4.98 Å². The predicted molar refractivity (Wildman–Crippen MR) is 81.1 cm³/mol. The number of fused-ring (bicyclic) bond motifs is 1. The molecule has 0 saturated carbocycles. The van der Waals surface area contributed by atoms with Crippen LogP contribution in [0.1, 0.15) is 5.69 Å². The summed E-state index contributed by atoms with van der Waals surface area (Å²) in [5, 5.41) is 5.00. The molecule has 96 valence electrons. The monoisotopic (exact) mass is 289 g/mol. The molecule has 19 heavy (non-hydrogen) atoms. The number of nitrogens with one attached hydrogen (secondary N) is 1. The number of pyridine rings is 1. The quantitative estimate of drug-likeness (QED) is 0.789. The lowest BCUT2D eigenvalue weighted by Crippen LogP contribution is -2.05. The van der Waals surface area contributed by atoms with Crippen LogP contribution in [0.15, 0.2) is 42.6 Å². The molecule has 0 spiro atoms. The van der Waals surface area contributed by atoms with Gasteiger partial charge in [0.15, 0.2) is 5.13 Å². The number of benzene rings is 1. The van der Waals surface area contributed by atoms with Crippen molar-refractivity contribution in [2.24, 2.45) is 0 Å². The van der Waals surface area contributed by atoms with E-state index >= 15 is 0 Å². The minimum atomic E-state index is 0.746. The molecule has 1 N–H and O–H groups in total. The molecule has 0 amide bonds. The molecule has 3 nitrogen and oxygen atoms in total. The van der Waals surface area contributed by atoms with Gasteiger partial charge in [0.1, 0.15) is 0 Å². The largest absolute Gasteiger partial charge is 0.361 e. The summed E-state index contributed by atoms with van der Waals surface area (Å²) in [5.41, 5.74) is 2.06. The average Bonchev–Trinajstić information content (AvgIpc) is 2.82. The summed E-state index contributed by atoms with van der Waals surface area (Å²) >= 11 is 7.58. The molecular weight excluding hydrogens is 278 g/mol. The van der Waals surface area contributed by atoms with Crippen LogP contribution < -0.4 is 5.32 Å². The first-order valence-electron chi connectivity index (χ1n) is 6.01. The number of hydrogen-bond acceptors (Lipinski definition) is 4. The number of thiazole rings is 1. The Balaban J connectivity index is 1.65. The molecule has 3 aromatic rings. The zero-order valence-electron chi connectivity index (χ0n) is 10.1. The summed E-state index contributed by atoms with van der Waals surface area (Å²) < 4.78 is 1.10. The molecule has 2 aromatic heterocycles. The van der Waals surface area contributed by atoms with E-state index in [-0.39, 0.29) is 0 Å². The van der Waals surface area contributed by atoms with Crippen molar-refractivity contribution in [3.63, 3.8) is 0 Å². The average molecular weight is 290 g/mol. The minimum absolute atomic E-state index is 0.746. The van der Waals surface area contributed by atoms with Gasteiger partial charge in [0.2, 0.25) is 0 Å². The standard InChI is InChI=1S/C14H12ClN3S/c15-10-4-5-12-13(9-10)19-14(18-12)17-8-6-11-3-1-2-7-16-11/h1-5,7,9H,6,8H2,(H,17,18). The number of nitrogens with zero attached hydrogens (tertiary/aromatic N) is 2. The zero-order valence-corrected chi connectivity index (χ0v) is 11.7. The number of aromatic nitrogens is 2. The van der Waals surface area contributed by atoms with Gasteiger partial charge < -0.3 is 5.32 Å². The molecule has 0 fully saturated rings. The lowest BCUT2D eigenvalue weighted by molar-refractivity contribution is 0.960. The van der Waals surface area contributed by atoms with Gasteiger partial charge in [0.05, 0.1) is 10.2 Å². The van der Waals surface area contributed by atoms with Crippen LogP contribution in [-0.2, 0) is 6.42 Å². The van der Waals surface area contributed by atoms with E-state index in [1.807, 2.05) is 42.6 Å². The zero-order chi connectivity index (χ0) is 13.1. The van der Waals surface area contributed by atoms with E-state index in [0.29, 0.717) is 0 Å². The molecule has 0 bridgehead atoms. The van der Waals surface area contributed by atoms with E-state index in [1.54, 1.807) is 11.3 Å². The van der Waals surface area contributed by atoms with E-state index in [2.05, 4.69) is 15.3 Å². The Morgan fingerprint density at radius 3 is 3.00 bits per heavy atom. The Morgan fingerprint density at radius 1 is 1.21 bits per heavy atom. The summed E-state index contributed by atoms with van der Waals surface area (Å²) in [6, 6.07) is 11.7. The number of halogens is 1. The highest BCUT2D eigenvalue weighted by Crippen LogP contribution is 2.28. The maximum Gasteiger partial charge on any atom is 0.183 e. The van der Waals surface area contributed by atoms with Gasteiger partial charge in [-0.05, 0) is 30.3 Å². The SMILES string of the molecule is Clc1ccc2nc(NCCc3ccccn3)sc2c1. The smallest absolute Gasteiger partial charge is 0.183 e. The second kappa shape index (κ2) is 5.55. The Bertz CT molecular complexity index is 681. The van der Waals surface area contributed by atoms with Crippen molar-refractivity contribution in [3.05, 3.63) is 53.3 Å². The van der Waals surface area contributed by atoms with Crippen molar-refractivity contribution in [2.45, 2.75) is 6.42 Å². The second-order valence-electron chi connectivity index (χ2n) is 4.13. The number of anilines is 1. The lowest BCUT2D eigenvalue weighted by Gasteiger charge is -2.01. The van der Waals surface area contributed by atoms with Crippen LogP contribution in [0.2, 0.25) is 5.02 Å². The molecule has 0 unspecified atom stereocenters. The second-order valence-corrected chi connectivity index (χ2v) is 5.60. The highest BCUT2D eigenvalue weighted by molar-refractivity contribution is 7.22. The molecule has 1 aromatic carbocycles. The molecule has 3 rings (SSSR count). The summed E-state index contributed by atoms with van der Waals surface area (Å²) in [6.07, 6.45) is 2.70. The molecule has 0 radical (unpaired) electrons.